The van der Waals surface area contributed by atoms with Crippen LogP contribution in [-0.4, -0.2) is 15.4 Å². The van der Waals surface area contributed by atoms with Gasteiger partial charge in [-0.25, -0.2) is 4.79 Å². The summed E-state index contributed by atoms with van der Waals surface area (Å²) in [6.45, 7) is 4.21. The summed E-state index contributed by atoms with van der Waals surface area (Å²) in [5.74, 6) is 0.436. The fourth-order valence-electron chi connectivity index (χ4n) is 1.13. The minimum atomic E-state index is -0.215. The van der Waals surface area contributed by atoms with Gasteiger partial charge in [-0.15, -0.1) is 11.6 Å². The predicted molar refractivity (Wildman–Crippen MR) is 48.7 cm³/mol. The molecule has 3 nitrogen and oxygen atoms in total. The average molecular weight is 187 g/mol. The standard InChI is InChI=1S/C8H11ClN2O/c1-6-5-7(2)11(4-3-9)8(12)10-6/h5H,3-4H2,1-2H3. The Hall–Kier alpha value is -0.830. The maximum absolute atomic E-state index is 11.2. The molecule has 4 heteroatoms. The summed E-state index contributed by atoms with van der Waals surface area (Å²) in [4.78, 5) is 15.0. The second-order valence-corrected chi connectivity index (χ2v) is 3.04. The molecular weight excluding hydrogens is 176 g/mol. The first-order valence-corrected chi connectivity index (χ1v) is 4.29. The Morgan fingerprint density at radius 3 is 2.75 bits per heavy atom. The van der Waals surface area contributed by atoms with E-state index in [2.05, 4.69) is 4.98 Å². The molecule has 1 rings (SSSR count). The summed E-state index contributed by atoms with van der Waals surface area (Å²) >= 11 is 5.53. The monoisotopic (exact) mass is 186 g/mol. The molecule has 12 heavy (non-hydrogen) atoms. The van der Waals surface area contributed by atoms with Crippen molar-refractivity contribution >= 4 is 11.6 Å². The van der Waals surface area contributed by atoms with Crippen LogP contribution in [0.3, 0.4) is 0 Å². The van der Waals surface area contributed by atoms with E-state index in [0.717, 1.165) is 11.4 Å². The zero-order valence-corrected chi connectivity index (χ0v) is 7.93. The van der Waals surface area contributed by atoms with Gasteiger partial charge in [0.05, 0.1) is 0 Å². The molecule has 0 bridgehead atoms. The number of aryl methyl sites for hydroxylation is 2. The highest BCUT2D eigenvalue weighted by molar-refractivity contribution is 6.17. The smallest absolute Gasteiger partial charge is 0.295 e. The molecule has 0 spiro atoms. The number of alkyl halides is 1. The van der Waals surface area contributed by atoms with E-state index < -0.39 is 0 Å². The van der Waals surface area contributed by atoms with Crippen LogP contribution in [0.15, 0.2) is 10.9 Å². The highest BCUT2D eigenvalue weighted by Gasteiger charge is 2.00. The Morgan fingerprint density at radius 1 is 1.58 bits per heavy atom. The molecule has 0 amide bonds. The molecule has 0 saturated heterocycles. The molecule has 0 radical (unpaired) electrons. The minimum absolute atomic E-state index is 0.215. The Bertz CT molecular complexity index is 332. The Balaban J connectivity index is 3.19. The maximum Gasteiger partial charge on any atom is 0.347 e. The summed E-state index contributed by atoms with van der Waals surface area (Å²) in [5, 5.41) is 0. The van der Waals surface area contributed by atoms with Gasteiger partial charge < -0.3 is 0 Å². The number of aromatic nitrogens is 2. The first-order valence-electron chi connectivity index (χ1n) is 3.76. The molecule has 1 aromatic heterocycles. The number of halogens is 1. The topological polar surface area (TPSA) is 34.9 Å². The second kappa shape index (κ2) is 3.72. The fourth-order valence-corrected chi connectivity index (χ4v) is 1.30. The number of hydrogen-bond donors (Lipinski definition) is 0. The molecule has 0 unspecified atom stereocenters. The van der Waals surface area contributed by atoms with Gasteiger partial charge in [0.1, 0.15) is 0 Å². The van der Waals surface area contributed by atoms with Gasteiger partial charge in [0.25, 0.3) is 0 Å². The molecule has 0 aliphatic heterocycles. The van der Waals surface area contributed by atoms with Crippen molar-refractivity contribution in [1.82, 2.24) is 9.55 Å². The SMILES string of the molecule is Cc1cc(C)n(CCCl)c(=O)n1. The van der Waals surface area contributed by atoms with Crippen molar-refractivity contribution in [2.24, 2.45) is 0 Å². The van der Waals surface area contributed by atoms with E-state index >= 15 is 0 Å². The first kappa shape index (κ1) is 9.26. The minimum Gasteiger partial charge on any atom is -0.295 e. The molecule has 0 atom stereocenters. The van der Waals surface area contributed by atoms with Crippen LogP contribution in [0.25, 0.3) is 0 Å². The van der Waals surface area contributed by atoms with Crippen LogP contribution in [-0.2, 0) is 6.54 Å². The molecule has 0 aromatic carbocycles. The summed E-state index contributed by atoms with van der Waals surface area (Å²) in [6.07, 6.45) is 0. The van der Waals surface area contributed by atoms with Crippen LogP contribution in [0, 0.1) is 13.8 Å². The van der Waals surface area contributed by atoms with Crippen molar-refractivity contribution in [3.05, 3.63) is 27.9 Å². The van der Waals surface area contributed by atoms with Gasteiger partial charge in [0.15, 0.2) is 0 Å². The van der Waals surface area contributed by atoms with Crippen LogP contribution in [0.1, 0.15) is 11.4 Å². The Morgan fingerprint density at radius 2 is 2.25 bits per heavy atom. The lowest BCUT2D eigenvalue weighted by Gasteiger charge is -2.06. The van der Waals surface area contributed by atoms with E-state index in [-0.39, 0.29) is 5.69 Å². The average Bonchev–Trinajstić information content (AvgIpc) is 1.96. The summed E-state index contributed by atoms with van der Waals surface area (Å²) in [7, 11) is 0. The van der Waals surface area contributed by atoms with Crippen molar-refractivity contribution in [1.29, 1.82) is 0 Å². The van der Waals surface area contributed by atoms with Gasteiger partial charge in [-0.2, -0.15) is 4.98 Å². The second-order valence-electron chi connectivity index (χ2n) is 2.66. The predicted octanol–water partition coefficient (Wildman–Crippen LogP) is 1.10. The van der Waals surface area contributed by atoms with Crippen LogP contribution in [0.2, 0.25) is 0 Å². The lowest BCUT2D eigenvalue weighted by Crippen LogP contribution is -2.26. The van der Waals surface area contributed by atoms with Gasteiger partial charge in [0, 0.05) is 23.8 Å². The number of hydrogen-bond acceptors (Lipinski definition) is 2. The molecule has 0 aliphatic carbocycles. The number of nitrogens with zero attached hydrogens (tertiary/aromatic N) is 2. The third-order valence-electron chi connectivity index (χ3n) is 1.65. The molecule has 0 aliphatic rings. The third kappa shape index (κ3) is 1.85. The lowest BCUT2D eigenvalue weighted by molar-refractivity contribution is 0.673. The quantitative estimate of drug-likeness (QED) is 0.649. The zero-order valence-electron chi connectivity index (χ0n) is 7.17. The van der Waals surface area contributed by atoms with Gasteiger partial charge in [-0.1, -0.05) is 0 Å². The van der Waals surface area contributed by atoms with Crippen molar-refractivity contribution in [3.63, 3.8) is 0 Å². The highest BCUT2D eigenvalue weighted by atomic mass is 35.5. The van der Waals surface area contributed by atoms with E-state index in [1.54, 1.807) is 11.5 Å². The van der Waals surface area contributed by atoms with E-state index in [9.17, 15) is 4.79 Å². The van der Waals surface area contributed by atoms with Crippen molar-refractivity contribution in [2.45, 2.75) is 20.4 Å². The van der Waals surface area contributed by atoms with Crippen molar-refractivity contribution in [3.8, 4) is 0 Å². The third-order valence-corrected chi connectivity index (χ3v) is 1.82. The maximum atomic E-state index is 11.2. The summed E-state index contributed by atoms with van der Waals surface area (Å²) < 4.78 is 1.57. The molecule has 0 N–H and O–H groups in total. The fraction of sp³-hybridized carbons (Fsp3) is 0.500. The van der Waals surface area contributed by atoms with E-state index in [4.69, 9.17) is 11.6 Å². The largest absolute Gasteiger partial charge is 0.347 e. The normalized spacial score (nSPS) is 10.2. The number of rotatable bonds is 2. The highest BCUT2D eigenvalue weighted by Crippen LogP contribution is 1.96. The molecule has 1 heterocycles. The van der Waals surface area contributed by atoms with Gasteiger partial charge in [-0.3, -0.25) is 4.57 Å². The molecular formula is C8H11ClN2O. The Labute approximate surface area is 76.0 Å². The summed E-state index contributed by atoms with van der Waals surface area (Å²) in [6, 6.07) is 1.87. The Kier molecular flexibility index (Phi) is 2.87. The van der Waals surface area contributed by atoms with E-state index in [0.29, 0.717) is 12.4 Å². The van der Waals surface area contributed by atoms with Gasteiger partial charge >= 0.3 is 5.69 Å². The van der Waals surface area contributed by atoms with Crippen LogP contribution < -0.4 is 5.69 Å². The molecule has 0 fully saturated rings. The van der Waals surface area contributed by atoms with Gasteiger partial charge in [0.2, 0.25) is 0 Å². The van der Waals surface area contributed by atoms with Crippen LogP contribution in [0.4, 0.5) is 0 Å². The van der Waals surface area contributed by atoms with E-state index in [1.165, 1.54) is 0 Å². The molecule has 66 valence electrons. The van der Waals surface area contributed by atoms with Crippen LogP contribution in [0.5, 0.6) is 0 Å². The lowest BCUT2D eigenvalue weighted by atomic mass is 10.3. The van der Waals surface area contributed by atoms with Gasteiger partial charge in [-0.05, 0) is 19.9 Å². The van der Waals surface area contributed by atoms with Crippen LogP contribution >= 0.6 is 11.6 Å². The van der Waals surface area contributed by atoms with E-state index in [1.807, 2.05) is 13.0 Å². The molecule has 0 saturated carbocycles. The zero-order chi connectivity index (χ0) is 9.14. The molecule has 1 aromatic rings. The van der Waals surface area contributed by atoms with Crippen molar-refractivity contribution < 1.29 is 0 Å². The first-order chi connectivity index (χ1) is 5.65. The summed E-state index contributed by atoms with van der Waals surface area (Å²) in [5.41, 5.74) is 1.45. The van der Waals surface area contributed by atoms with Crippen molar-refractivity contribution in [2.75, 3.05) is 5.88 Å².